The molecule has 5 nitrogen and oxygen atoms in total. The van der Waals surface area contributed by atoms with E-state index in [9.17, 15) is 0 Å². The number of likely N-dealkylation sites (N-methyl/N-ethyl adjacent to an activating group) is 1. The van der Waals surface area contributed by atoms with Crippen molar-refractivity contribution in [1.29, 1.82) is 0 Å². The molecule has 0 aromatic rings. The Morgan fingerprint density at radius 2 is 1.95 bits per heavy atom. The molecule has 0 aromatic carbocycles. The molecule has 1 atom stereocenters. The number of hydrogen-bond acceptors (Lipinski definition) is 5. The second kappa shape index (κ2) is 7.45. The topological polar surface area (TPSA) is 48.1 Å². The summed E-state index contributed by atoms with van der Waals surface area (Å²) in [6.07, 6.45) is 3.69. The van der Waals surface area contributed by atoms with Crippen LogP contribution in [0.25, 0.3) is 0 Å². The lowest BCUT2D eigenvalue weighted by atomic mass is 9.89. The molecule has 0 radical (unpaired) electrons. The highest BCUT2D eigenvalue weighted by Gasteiger charge is 2.42. The Hall–Kier alpha value is -0.810. The van der Waals surface area contributed by atoms with Gasteiger partial charge in [0.2, 0.25) is 0 Å². The summed E-state index contributed by atoms with van der Waals surface area (Å²) in [7, 11) is 0. The van der Waals surface area contributed by atoms with Crippen LogP contribution < -0.4 is 5.73 Å². The molecule has 0 aromatic heterocycles. The van der Waals surface area contributed by atoms with E-state index in [4.69, 9.17) is 5.73 Å². The zero-order valence-corrected chi connectivity index (χ0v) is 14.1. The van der Waals surface area contributed by atoms with Crippen LogP contribution in [0.15, 0.2) is 4.99 Å². The summed E-state index contributed by atoms with van der Waals surface area (Å²) in [5.74, 6) is 0.770. The van der Waals surface area contributed by atoms with Crippen molar-refractivity contribution in [3.8, 4) is 0 Å². The van der Waals surface area contributed by atoms with Gasteiger partial charge in [-0.25, -0.2) is 0 Å². The maximum absolute atomic E-state index is 6.22. The lowest BCUT2D eigenvalue weighted by molar-refractivity contribution is 0.152. The summed E-state index contributed by atoms with van der Waals surface area (Å²) in [6.45, 7) is 15.5. The lowest BCUT2D eigenvalue weighted by Crippen LogP contribution is -2.54. The van der Waals surface area contributed by atoms with Gasteiger partial charge in [0.25, 0.3) is 0 Å². The van der Waals surface area contributed by atoms with Crippen LogP contribution >= 0.6 is 0 Å². The average Bonchev–Trinajstić information content (AvgIpc) is 2.69. The Bertz CT molecular complexity index is 353. The van der Waals surface area contributed by atoms with E-state index in [0.29, 0.717) is 0 Å². The standard InChI is InChI=1S/C16H33N5/c1-4-19(5-2)12-13-21-15(17)18-14-16(21)8-7-10-20(6-3)11-9-16/h4-14H2,1-3H3,(H2,17,18). The van der Waals surface area contributed by atoms with Crippen molar-refractivity contribution in [3.63, 3.8) is 0 Å². The SMILES string of the molecule is CCN(CC)CCN1C(N)=NCC12CCCN(CC)CC2. The molecule has 122 valence electrons. The van der Waals surface area contributed by atoms with Crippen LogP contribution in [0.2, 0.25) is 0 Å². The molecule has 0 aliphatic carbocycles. The fourth-order valence-electron chi connectivity index (χ4n) is 3.75. The smallest absolute Gasteiger partial charge is 0.191 e. The third kappa shape index (κ3) is 3.69. The van der Waals surface area contributed by atoms with E-state index in [2.05, 4.69) is 40.5 Å². The summed E-state index contributed by atoms with van der Waals surface area (Å²) in [6, 6.07) is 0. The molecule has 1 saturated heterocycles. The predicted molar refractivity (Wildman–Crippen MR) is 89.7 cm³/mol. The van der Waals surface area contributed by atoms with Crippen molar-refractivity contribution < 1.29 is 0 Å². The van der Waals surface area contributed by atoms with E-state index in [1.807, 2.05) is 0 Å². The Morgan fingerprint density at radius 1 is 1.19 bits per heavy atom. The van der Waals surface area contributed by atoms with Crippen molar-refractivity contribution in [1.82, 2.24) is 14.7 Å². The van der Waals surface area contributed by atoms with Crippen LogP contribution in [0.1, 0.15) is 40.0 Å². The molecule has 0 bridgehead atoms. The van der Waals surface area contributed by atoms with Gasteiger partial charge in [-0.1, -0.05) is 20.8 Å². The van der Waals surface area contributed by atoms with Gasteiger partial charge in [0, 0.05) is 19.6 Å². The van der Waals surface area contributed by atoms with Crippen molar-refractivity contribution in [3.05, 3.63) is 0 Å². The molecule has 1 unspecified atom stereocenters. The van der Waals surface area contributed by atoms with Crippen molar-refractivity contribution in [2.45, 2.75) is 45.6 Å². The Balaban J connectivity index is 2.01. The van der Waals surface area contributed by atoms with E-state index in [1.54, 1.807) is 0 Å². The van der Waals surface area contributed by atoms with Crippen LogP contribution in [0.4, 0.5) is 0 Å². The van der Waals surface area contributed by atoms with Gasteiger partial charge >= 0.3 is 0 Å². The minimum Gasteiger partial charge on any atom is -0.370 e. The molecular weight excluding hydrogens is 262 g/mol. The molecule has 21 heavy (non-hydrogen) atoms. The summed E-state index contributed by atoms with van der Waals surface area (Å²) < 4.78 is 0. The lowest BCUT2D eigenvalue weighted by Gasteiger charge is -2.40. The molecule has 2 rings (SSSR count). The van der Waals surface area contributed by atoms with Gasteiger partial charge in [-0.05, 0) is 45.4 Å². The van der Waals surface area contributed by atoms with Crippen LogP contribution in [0.5, 0.6) is 0 Å². The van der Waals surface area contributed by atoms with Gasteiger partial charge in [-0.3, -0.25) is 4.99 Å². The number of nitrogens with two attached hydrogens (primary N) is 1. The number of likely N-dealkylation sites (tertiary alicyclic amines) is 1. The van der Waals surface area contributed by atoms with E-state index in [0.717, 1.165) is 45.2 Å². The second-order valence-corrected chi connectivity index (χ2v) is 6.37. The first-order chi connectivity index (χ1) is 10.1. The molecule has 0 amide bonds. The quantitative estimate of drug-likeness (QED) is 0.800. The highest BCUT2D eigenvalue weighted by Crippen LogP contribution is 2.32. The van der Waals surface area contributed by atoms with Gasteiger partial charge < -0.3 is 20.4 Å². The van der Waals surface area contributed by atoms with Crippen LogP contribution in [-0.4, -0.2) is 78.6 Å². The first kappa shape index (κ1) is 16.6. The molecule has 2 heterocycles. The largest absolute Gasteiger partial charge is 0.370 e. The third-order valence-electron chi connectivity index (χ3n) is 5.38. The molecule has 1 spiro atoms. The van der Waals surface area contributed by atoms with Gasteiger partial charge in [0.05, 0.1) is 12.1 Å². The highest BCUT2D eigenvalue weighted by molar-refractivity contribution is 5.81. The van der Waals surface area contributed by atoms with Gasteiger partial charge in [-0.15, -0.1) is 0 Å². The maximum Gasteiger partial charge on any atom is 0.191 e. The van der Waals surface area contributed by atoms with E-state index in [-0.39, 0.29) is 5.54 Å². The van der Waals surface area contributed by atoms with Crippen LogP contribution in [-0.2, 0) is 0 Å². The first-order valence-corrected chi connectivity index (χ1v) is 8.67. The van der Waals surface area contributed by atoms with Crippen molar-refractivity contribution in [2.75, 3.05) is 52.4 Å². The normalized spacial score (nSPS) is 27.4. The Labute approximate surface area is 130 Å². The molecule has 2 aliphatic rings. The molecule has 2 N–H and O–H groups in total. The molecule has 2 aliphatic heterocycles. The highest BCUT2D eigenvalue weighted by atomic mass is 15.4. The predicted octanol–water partition coefficient (Wildman–Crippen LogP) is 1.20. The summed E-state index contributed by atoms with van der Waals surface area (Å²) >= 11 is 0. The van der Waals surface area contributed by atoms with Crippen LogP contribution in [0.3, 0.4) is 0 Å². The average molecular weight is 295 g/mol. The number of rotatable bonds is 6. The zero-order chi connectivity index (χ0) is 15.3. The van der Waals surface area contributed by atoms with Gasteiger partial charge in [-0.2, -0.15) is 0 Å². The Kier molecular flexibility index (Phi) is 5.88. The van der Waals surface area contributed by atoms with Gasteiger partial charge in [0.1, 0.15) is 0 Å². The monoisotopic (exact) mass is 295 g/mol. The molecule has 1 fully saturated rings. The maximum atomic E-state index is 6.22. The van der Waals surface area contributed by atoms with Crippen molar-refractivity contribution >= 4 is 5.96 Å². The number of hydrogen-bond donors (Lipinski definition) is 1. The number of aliphatic imine (C=N–C) groups is 1. The van der Waals surface area contributed by atoms with Gasteiger partial charge in [0.15, 0.2) is 5.96 Å². The minimum atomic E-state index is 0.196. The summed E-state index contributed by atoms with van der Waals surface area (Å²) in [5.41, 5.74) is 6.41. The fraction of sp³-hybridized carbons (Fsp3) is 0.938. The second-order valence-electron chi connectivity index (χ2n) is 6.37. The van der Waals surface area contributed by atoms with E-state index in [1.165, 1.54) is 32.4 Å². The summed E-state index contributed by atoms with van der Waals surface area (Å²) in [5, 5.41) is 0. The van der Waals surface area contributed by atoms with E-state index >= 15 is 0 Å². The van der Waals surface area contributed by atoms with E-state index < -0.39 is 0 Å². The van der Waals surface area contributed by atoms with Crippen molar-refractivity contribution in [2.24, 2.45) is 10.7 Å². The number of guanidine groups is 1. The molecule has 5 heteroatoms. The fourth-order valence-corrected chi connectivity index (χ4v) is 3.75. The molecule has 0 saturated carbocycles. The van der Waals surface area contributed by atoms with Crippen LogP contribution in [0, 0.1) is 0 Å². The third-order valence-corrected chi connectivity index (χ3v) is 5.38. The first-order valence-electron chi connectivity index (χ1n) is 8.67. The Morgan fingerprint density at radius 3 is 2.62 bits per heavy atom. The minimum absolute atomic E-state index is 0.196. The number of nitrogens with zero attached hydrogens (tertiary/aromatic N) is 4. The molecular formula is C16H33N5. The summed E-state index contributed by atoms with van der Waals surface area (Å²) in [4.78, 5) is 12.0. The zero-order valence-electron chi connectivity index (χ0n) is 14.1.